The van der Waals surface area contributed by atoms with Crippen LogP contribution in [-0.2, 0) is 24.7 Å². The first-order valence-corrected chi connectivity index (χ1v) is 10.1. The van der Waals surface area contributed by atoms with E-state index in [-0.39, 0.29) is 30.7 Å². The topological polar surface area (TPSA) is 122 Å². The lowest BCUT2D eigenvalue weighted by molar-refractivity contribution is -0.145. The largest absolute Gasteiger partial charge is 0.370 e. The summed E-state index contributed by atoms with van der Waals surface area (Å²) in [5, 5.41) is 6.39. The number of likely N-dealkylation sites (tertiary alicyclic amines) is 1. The monoisotopic (exact) mass is 418 g/mol. The van der Waals surface area contributed by atoms with E-state index in [4.69, 9.17) is 17.3 Å². The molecule has 0 bridgehead atoms. The number of carbonyl (C=O) groups excluding carboxylic acids is 4. The Kier molecular flexibility index (Phi) is 4.66. The van der Waals surface area contributed by atoms with Crippen LogP contribution in [0, 0.1) is 11.8 Å². The lowest BCUT2D eigenvalue weighted by Crippen LogP contribution is -2.54. The number of anilines is 1. The summed E-state index contributed by atoms with van der Waals surface area (Å²) in [5.74, 6) is -3.24. The number of fused-ring (bicyclic) bond motifs is 4. The van der Waals surface area contributed by atoms with Crippen molar-refractivity contribution in [2.24, 2.45) is 17.6 Å². The van der Waals surface area contributed by atoms with Crippen molar-refractivity contribution in [3.63, 3.8) is 0 Å². The molecule has 154 valence electrons. The smallest absolute Gasteiger partial charge is 0.250 e. The van der Waals surface area contributed by atoms with Crippen LogP contribution in [-0.4, -0.2) is 40.6 Å². The van der Waals surface area contributed by atoms with Gasteiger partial charge in [-0.2, -0.15) is 0 Å². The van der Waals surface area contributed by atoms with Crippen LogP contribution >= 0.6 is 11.6 Å². The molecule has 0 aromatic heterocycles. The van der Waals surface area contributed by atoms with Gasteiger partial charge in [0.2, 0.25) is 23.6 Å². The number of rotatable bonds is 5. The van der Waals surface area contributed by atoms with Gasteiger partial charge in [-0.1, -0.05) is 30.7 Å². The van der Waals surface area contributed by atoms with Crippen molar-refractivity contribution in [3.05, 3.63) is 28.8 Å². The van der Waals surface area contributed by atoms with E-state index in [1.165, 1.54) is 4.90 Å². The summed E-state index contributed by atoms with van der Waals surface area (Å²) in [7, 11) is 0. The number of benzene rings is 1. The summed E-state index contributed by atoms with van der Waals surface area (Å²) in [6.07, 6.45) is 0.915. The number of primary amides is 1. The van der Waals surface area contributed by atoms with Gasteiger partial charge in [0.15, 0.2) is 0 Å². The van der Waals surface area contributed by atoms with E-state index >= 15 is 0 Å². The second-order valence-corrected chi connectivity index (χ2v) is 8.39. The van der Waals surface area contributed by atoms with Gasteiger partial charge in [-0.15, -0.1) is 0 Å². The highest BCUT2D eigenvalue weighted by molar-refractivity contribution is 6.35. The summed E-state index contributed by atoms with van der Waals surface area (Å²) >= 11 is 6.28. The molecule has 1 spiro atoms. The summed E-state index contributed by atoms with van der Waals surface area (Å²) in [4.78, 5) is 52.6. The molecule has 5 atom stereocenters. The normalized spacial score (nSPS) is 31.2. The highest BCUT2D eigenvalue weighted by Gasteiger charge is 2.70. The first-order valence-electron chi connectivity index (χ1n) is 9.77. The Balaban J connectivity index is 1.86. The SMILES string of the molecule is CC[C@@H](C)N1C(=O)[C@@H]2[C@H](CCC(N)=O)N[C@@]3(C(=O)Nc4c(Cl)cccc43)[C@@H]2C1=O. The summed E-state index contributed by atoms with van der Waals surface area (Å²) < 4.78 is 0. The Morgan fingerprint density at radius 2 is 2.03 bits per heavy atom. The van der Waals surface area contributed by atoms with E-state index in [1.54, 1.807) is 18.2 Å². The van der Waals surface area contributed by atoms with Crippen molar-refractivity contribution in [1.82, 2.24) is 10.2 Å². The number of amides is 4. The zero-order valence-corrected chi connectivity index (χ0v) is 17.0. The third-order valence-corrected chi connectivity index (χ3v) is 6.78. The number of imide groups is 1. The highest BCUT2D eigenvalue weighted by Crippen LogP contribution is 2.54. The van der Waals surface area contributed by atoms with Crippen LogP contribution < -0.4 is 16.4 Å². The molecule has 9 heteroatoms. The molecule has 4 N–H and O–H groups in total. The van der Waals surface area contributed by atoms with Gasteiger partial charge in [0.05, 0.1) is 22.5 Å². The van der Waals surface area contributed by atoms with Crippen molar-refractivity contribution in [3.8, 4) is 0 Å². The fourth-order valence-electron chi connectivity index (χ4n) is 4.98. The minimum Gasteiger partial charge on any atom is -0.370 e. The Morgan fingerprint density at radius 3 is 2.69 bits per heavy atom. The van der Waals surface area contributed by atoms with Gasteiger partial charge in [0.1, 0.15) is 5.54 Å². The molecule has 0 aliphatic carbocycles. The first kappa shape index (κ1) is 19.8. The van der Waals surface area contributed by atoms with Crippen LogP contribution in [0.15, 0.2) is 18.2 Å². The average Bonchev–Trinajstić information content (AvgIpc) is 3.26. The third-order valence-electron chi connectivity index (χ3n) is 6.47. The molecule has 29 heavy (non-hydrogen) atoms. The molecule has 0 unspecified atom stereocenters. The molecule has 4 rings (SSSR count). The van der Waals surface area contributed by atoms with E-state index < -0.39 is 35.2 Å². The van der Waals surface area contributed by atoms with E-state index in [0.717, 1.165) is 0 Å². The molecule has 0 saturated carbocycles. The van der Waals surface area contributed by atoms with Crippen LogP contribution in [0.3, 0.4) is 0 Å². The lowest BCUT2D eigenvalue weighted by Gasteiger charge is -2.31. The van der Waals surface area contributed by atoms with Gasteiger partial charge >= 0.3 is 0 Å². The quantitative estimate of drug-likeness (QED) is 0.618. The zero-order valence-electron chi connectivity index (χ0n) is 16.2. The van der Waals surface area contributed by atoms with Crippen molar-refractivity contribution < 1.29 is 19.2 Å². The Hall–Kier alpha value is -2.45. The van der Waals surface area contributed by atoms with Crippen molar-refractivity contribution in [2.45, 2.75) is 50.7 Å². The molecule has 3 heterocycles. The van der Waals surface area contributed by atoms with Crippen LogP contribution in [0.1, 0.15) is 38.7 Å². The number of halogens is 1. The number of nitrogens with one attached hydrogen (secondary N) is 2. The fraction of sp³-hybridized carbons (Fsp3) is 0.500. The maximum Gasteiger partial charge on any atom is 0.250 e. The number of carbonyl (C=O) groups is 4. The minimum atomic E-state index is -1.40. The van der Waals surface area contributed by atoms with E-state index in [2.05, 4.69) is 10.6 Å². The molecule has 2 fully saturated rings. The van der Waals surface area contributed by atoms with Crippen molar-refractivity contribution >= 4 is 40.9 Å². The molecule has 1 aromatic rings. The number of nitrogens with two attached hydrogens (primary N) is 1. The Labute approximate surface area is 173 Å². The lowest BCUT2D eigenvalue weighted by atomic mass is 9.76. The number of nitrogens with zero attached hydrogens (tertiary/aromatic N) is 1. The van der Waals surface area contributed by atoms with E-state index in [1.807, 2.05) is 13.8 Å². The number of para-hydroxylation sites is 1. The molecule has 8 nitrogen and oxygen atoms in total. The maximum absolute atomic E-state index is 13.4. The predicted octanol–water partition coefficient (Wildman–Crippen LogP) is 1.12. The van der Waals surface area contributed by atoms with Crippen LogP contribution in [0.25, 0.3) is 0 Å². The second-order valence-electron chi connectivity index (χ2n) is 7.99. The molecular weight excluding hydrogens is 396 g/mol. The number of hydrogen-bond donors (Lipinski definition) is 3. The third kappa shape index (κ3) is 2.62. The summed E-state index contributed by atoms with van der Waals surface area (Å²) in [5.41, 5.74) is 4.91. The fourth-order valence-corrected chi connectivity index (χ4v) is 5.20. The standard InChI is InChI=1S/C20H23ClN4O4/c1-3-9(2)25-17(27)14-12(7-8-13(22)26)24-20(15(14)18(25)28)10-5-4-6-11(21)16(10)23-19(20)29/h4-6,9,12,14-15,24H,3,7-8H2,1-2H3,(H2,22,26)(H,23,29)/t9-,12+,14-,15+,20-/m1/s1. The van der Waals surface area contributed by atoms with Gasteiger partial charge in [-0.25, -0.2) is 0 Å². The van der Waals surface area contributed by atoms with Gasteiger partial charge in [0.25, 0.3) is 0 Å². The number of hydrogen-bond acceptors (Lipinski definition) is 5. The minimum absolute atomic E-state index is 0.0474. The second kappa shape index (κ2) is 6.81. The van der Waals surface area contributed by atoms with Crippen molar-refractivity contribution in [2.75, 3.05) is 5.32 Å². The van der Waals surface area contributed by atoms with Gasteiger partial charge in [0, 0.05) is 24.1 Å². The molecule has 4 amide bonds. The molecule has 1 aromatic carbocycles. The zero-order chi connectivity index (χ0) is 21.1. The molecule has 0 radical (unpaired) electrons. The van der Waals surface area contributed by atoms with Crippen LogP contribution in [0.4, 0.5) is 5.69 Å². The maximum atomic E-state index is 13.4. The molecule has 2 saturated heterocycles. The molecule has 3 aliphatic rings. The van der Waals surface area contributed by atoms with E-state index in [9.17, 15) is 19.2 Å². The van der Waals surface area contributed by atoms with Crippen LogP contribution in [0.5, 0.6) is 0 Å². The average molecular weight is 419 g/mol. The van der Waals surface area contributed by atoms with Gasteiger partial charge in [-0.05, 0) is 25.8 Å². The Morgan fingerprint density at radius 1 is 1.31 bits per heavy atom. The first-order chi connectivity index (χ1) is 13.7. The molecule has 3 aliphatic heterocycles. The van der Waals surface area contributed by atoms with Gasteiger partial charge in [-0.3, -0.25) is 29.4 Å². The molecular formula is C20H23ClN4O4. The summed E-state index contributed by atoms with van der Waals surface area (Å²) in [6, 6.07) is 4.30. The predicted molar refractivity (Wildman–Crippen MR) is 106 cm³/mol. The van der Waals surface area contributed by atoms with Crippen molar-refractivity contribution in [1.29, 1.82) is 0 Å². The van der Waals surface area contributed by atoms with E-state index in [0.29, 0.717) is 22.7 Å². The summed E-state index contributed by atoms with van der Waals surface area (Å²) in [6.45, 7) is 3.71. The van der Waals surface area contributed by atoms with Crippen LogP contribution in [0.2, 0.25) is 5.02 Å². The van der Waals surface area contributed by atoms with Gasteiger partial charge < -0.3 is 11.1 Å². The highest BCUT2D eigenvalue weighted by atomic mass is 35.5. The Bertz CT molecular complexity index is 935.